The lowest BCUT2D eigenvalue weighted by Crippen LogP contribution is -2.49. The Balaban J connectivity index is 2.46. The Morgan fingerprint density at radius 3 is 3.00 bits per heavy atom. The molecule has 2 unspecified atom stereocenters. The van der Waals surface area contributed by atoms with Crippen LogP contribution in [0.1, 0.15) is 33.1 Å². The Bertz CT molecular complexity index is 197. The van der Waals surface area contributed by atoms with Crippen LogP contribution in [0.2, 0.25) is 0 Å². The van der Waals surface area contributed by atoms with Crippen molar-refractivity contribution in [3.8, 4) is 6.07 Å². The molecule has 0 aromatic rings. The fourth-order valence-corrected chi connectivity index (χ4v) is 2.14. The number of likely N-dealkylation sites (N-methyl/N-ethyl adjacent to an activating group) is 1. The summed E-state index contributed by atoms with van der Waals surface area (Å²) < 4.78 is 0. The molecule has 1 saturated heterocycles. The van der Waals surface area contributed by atoms with Crippen molar-refractivity contribution in [2.45, 2.75) is 45.2 Å². The summed E-state index contributed by atoms with van der Waals surface area (Å²) >= 11 is 0. The van der Waals surface area contributed by atoms with Crippen LogP contribution in [0.4, 0.5) is 0 Å². The van der Waals surface area contributed by atoms with Gasteiger partial charge in [0.15, 0.2) is 0 Å². The average molecular weight is 195 g/mol. The van der Waals surface area contributed by atoms with Crippen LogP contribution in [0.5, 0.6) is 0 Å². The van der Waals surface area contributed by atoms with Gasteiger partial charge in [0.1, 0.15) is 0 Å². The van der Waals surface area contributed by atoms with Gasteiger partial charge in [0.2, 0.25) is 0 Å². The van der Waals surface area contributed by atoms with Gasteiger partial charge in [0.25, 0.3) is 0 Å². The van der Waals surface area contributed by atoms with Gasteiger partial charge in [-0.05, 0) is 32.9 Å². The number of piperidine rings is 1. The fraction of sp³-hybridized carbons (Fsp3) is 0.909. The van der Waals surface area contributed by atoms with E-state index < -0.39 is 0 Å². The Morgan fingerprint density at radius 1 is 1.57 bits per heavy atom. The summed E-state index contributed by atoms with van der Waals surface area (Å²) in [6.07, 6.45) is 3.79. The summed E-state index contributed by atoms with van der Waals surface area (Å²) in [6.45, 7) is 7.27. The minimum atomic E-state index is 0.0685. The molecule has 0 aromatic carbocycles. The van der Waals surface area contributed by atoms with Crippen LogP contribution in [-0.2, 0) is 0 Å². The van der Waals surface area contributed by atoms with E-state index in [0.717, 1.165) is 19.6 Å². The number of nitrogens with zero attached hydrogens (tertiary/aromatic N) is 2. The van der Waals surface area contributed by atoms with Gasteiger partial charge >= 0.3 is 0 Å². The fourth-order valence-electron chi connectivity index (χ4n) is 2.14. The smallest absolute Gasteiger partial charge is 0.0952 e. The first-order valence-corrected chi connectivity index (χ1v) is 5.65. The van der Waals surface area contributed by atoms with E-state index >= 15 is 0 Å². The van der Waals surface area contributed by atoms with E-state index in [1.807, 2.05) is 6.92 Å². The highest BCUT2D eigenvalue weighted by atomic mass is 15.2. The maximum Gasteiger partial charge on any atom is 0.0952 e. The summed E-state index contributed by atoms with van der Waals surface area (Å²) in [5, 5.41) is 12.3. The Hall–Kier alpha value is -0.590. The van der Waals surface area contributed by atoms with Gasteiger partial charge in [-0.3, -0.25) is 4.90 Å². The first kappa shape index (κ1) is 11.5. The molecule has 0 aromatic heterocycles. The number of nitrogens with one attached hydrogen (secondary N) is 1. The van der Waals surface area contributed by atoms with Crippen molar-refractivity contribution in [1.29, 1.82) is 5.26 Å². The monoisotopic (exact) mass is 195 g/mol. The molecule has 80 valence electrons. The molecule has 0 spiro atoms. The quantitative estimate of drug-likeness (QED) is 0.736. The molecule has 1 aliphatic rings. The zero-order valence-electron chi connectivity index (χ0n) is 9.29. The minimum absolute atomic E-state index is 0.0685. The van der Waals surface area contributed by atoms with Crippen molar-refractivity contribution < 1.29 is 0 Å². The normalized spacial score (nSPS) is 25.6. The second-order valence-corrected chi connectivity index (χ2v) is 4.00. The van der Waals surface area contributed by atoms with Crippen LogP contribution in [0, 0.1) is 11.3 Å². The number of nitriles is 1. The van der Waals surface area contributed by atoms with Crippen molar-refractivity contribution in [3.05, 3.63) is 0 Å². The first-order chi connectivity index (χ1) is 6.79. The van der Waals surface area contributed by atoms with E-state index in [2.05, 4.69) is 23.2 Å². The summed E-state index contributed by atoms with van der Waals surface area (Å²) in [5.41, 5.74) is 0. The molecule has 3 nitrogen and oxygen atoms in total. The first-order valence-electron chi connectivity index (χ1n) is 5.65. The molecule has 14 heavy (non-hydrogen) atoms. The highest BCUT2D eigenvalue weighted by Gasteiger charge is 2.25. The number of hydrogen-bond donors (Lipinski definition) is 1. The summed E-state index contributed by atoms with van der Waals surface area (Å²) in [7, 11) is 0. The van der Waals surface area contributed by atoms with E-state index in [9.17, 15) is 0 Å². The molecule has 2 atom stereocenters. The average Bonchev–Trinajstić information content (AvgIpc) is 2.25. The SMILES string of the molecule is CCNCC1CCCCN1C(C)C#N. The van der Waals surface area contributed by atoms with Crippen molar-refractivity contribution in [3.63, 3.8) is 0 Å². The van der Waals surface area contributed by atoms with Gasteiger partial charge < -0.3 is 5.32 Å². The maximum atomic E-state index is 8.92. The lowest BCUT2D eigenvalue weighted by Gasteiger charge is -2.37. The standard InChI is InChI=1S/C11H21N3/c1-3-13-9-11-6-4-5-7-14(11)10(2)8-12/h10-11,13H,3-7,9H2,1-2H3. The third-order valence-electron chi connectivity index (χ3n) is 2.99. The number of rotatable bonds is 4. The second kappa shape index (κ2) is 6.00. The van der Waals surface area contributed by atoms with E-state index in [1.54, 1.807) is 0 Å². The van der Waals surface area contributed by atoms with Crippen LogP contribution in [0.25, 0.3) is 0 Å². The molecule has 0 aliphatic carbocycles. The molecule has 1 heterocycles. The van der Waals surface area contributed by atoms with Crippen LogP contribution in [0.15, 0.2) is 0 Å². The lowest BCUT2D eigenvalue weighted by molar-refractivity contribution is 0.126. The van der Waals surface area contributed by atoms with Crippen LogP contribution >= 0.6 is 0 Å². The molecular weight excluding hydrogens is 174 g/mol. The van der Waals surface area contributed by atoms with Crippen LogP contribution < -0.4 is 5.32 Å². The largest absolute Gasteiger partial charge is 0.315 e. The highest BCUT2D eigenvalue weighted by molar-refractivity contribution is 4.93. The molecule has 0 radical (unpaired) electrons. The third-order valence-corrected chi connectivity index (χ3v) is 2.99. The van der Waals surface area contributed by atoms with Gasteiger partial charge in [0.05, 0.1) is 12.1 Å². The summed E-state index contributed by atoms with van der Waals surface area (Å²) in [5.74, 6) is 0. The molecule has 1 N–H and O–H groups in total. The predicted octanol–water partition coefficient (Wildman–Crippen LogP) is 1.36. The number of likely N-dealkylation sites (tertiary alicyclic amines) is 1. The molecule has 3 heteroatoms. The Labute approximate surface area is 87.1 Å². The molecule has 0 saturated carbocycles. The zero-order valence-corrected chi connectivity index (χ0v) is 9.29. The topological polar surface area (TPSA) is 39.1 Å². The van der Waals surface area contributed by atoms with Crippen LogP contribution in [0.3, 0.4) is 0 Å². The molecule has 1 rings (SSSR count). The van der Waals surface area contributed by atoms with Crippen molar-refractivity contribution in [2.24, 2.45) is 0 Å². The van der Waals surface area contributed by atoms with Gasteiger partial charge in [-0.25, -0.2) is 0 Å². The van der Waals surface area contributed by atoms with Gasteiger partial charge in [-0.15, -0.1) is 0 Å². The van der Waals surface area contributed by atoms with E-state index in [-0.39, 0.29) is 6.04 Å². The summed E-state index contributed by atoms with van der Waals surface area (Å²) in [4.78, 5) is 2.34. The third kappa shape index (κ3) is 2.97. The highest BCUT2D eigenvalue weighted by Crippen LogP contribution is 2.18. The number of hydrogen-bond acceptors (Lipinski definition) is 3. The Morgan fingerprint density at radius 2 is 2.36 bits per heavy atom. The van der Waals surface area contributed by atoms with Crippen molar-refractivity contribution >= 4 is 0 Å². The molecule has 1 aliphatic heterocycles. The molecular formula is C11H21N3. The van der Waals surface area contributed by atoms with Gasteiger partial charge in [-0.2, -0.15) is 5.26 Å². The Kier molecular flexibility index (Phi) is 4.92. The summed E-state index contributed by atoms with van der Waals surface area (Å²) in [6, 6.07) is 2.98. The minimum Gasteiger partial charge on any atom is -0.315 e. The molecule has 1 fully saturated rings. The van der Waals surface area contributed by atoms with Crippen molar-refractivity contribution in [1.82, 2.24) is 10.2 Å². The van der Waals surface area contributed by atoms with Crippen LogP contribution in [-0.4, -0.2) is 36.6 Å². The van der Waals surface area contributed by atoms with Crippen molar-refractivity contribution in [2.75, 3.05) is 19.6 Å². The van der Waals surface area contributed by atoms with E-state index in [4.69, 9.17) is 5.26 Å². The van der Waals surface area contributed by atoms with E-state index in [1.165, 1.54) is 19.3 Å². The molecule has 0 amide bonds. The van der Waals surface area contributed by atoms with Gasteiger partial charge in [-0.1, -0.05) is 13.3 Å². The predicted molar refractivity (Wildman–Crippen MR) is 58.0 cm³/mol. The van der Waals surface area contributed by atoms with Gasteiger partial charge in [0, 0.05) is 12.6 Å². The second-order valence-electron chi connectivity index (χ2n) is 4.00. The lowest BCUT2D eigenvalue weighted by atomic mass is 10.0. The van der Waals surface area contributed by atoms with E-state index in [0.29, 0.717) is 6.04 Å². The zero-order chi connectivity index (χ0) is 10.4. The maximum absolute atomic E-state index is 8.92. The molecule has 0 bridgehead atoms.